The van der Waals surface area contributed by atoms with E-state index in [4.69, 9.17) is 4.74 Å². The van der Waals surface area contributed by atoms with Crippen LogP contribution in [0, 0.1) is 0 Å². The zero-order valence-corrected chi connectivity index (χ0v) is 16.6. The molecule has 2 rings (SSSR count). The minimum Gasteiger partial charge on any atom is -0.383 e. The second-order valence-corrected chi connectivity index (χ2v) is 6.79. The number of nitrogens with zero attached hydrogens (tertiary/aromatic N) is 4. The van der Waals surface area contributed by atoms with Crippen molar-refractivity contribution in [1.82, 2.24) is 19.6 Å². The van der Waals surface area contributed by atoms with Crippen molar-refractivity contribution < 1.29 is 9.53 Å². The van der Waals surface area contributed by atoms with Gasteiger partial charge in [-0.05, 0) is 32.5 Å². The van der Waals surface area contributed by atoms with Gasteiger partial charge in [0.25, 0.3) is 0 Å². The second-order valence-electron chi connectivity index (χ2n) is 6.79. The molecule has 1 heterocycles. The number of benzene rings is 1. The molecule has 148 valence electrons. The number of urea groups is 1. The molecule has 0 saturated heterocycles. The number of rotatable bonds is 11. The number of methoxy groups -OCH3 is 1. The molecule has 0 aliphatic heterocycles. The van der Waals surface area contributed by atoms with Crippen LogP contribution in [0.15, 0.2) is 42.7 Å². The van der Waals surface area contributed by atoms with Gasteiger partial charge < -0.3 is 19.9 Å². The van der Waals surface area contributed by atoms with Crippen LogP contribution in [-0.2, 0) is 17.7 Å². The van der Waals surface area contributed by atoms with Crippen molar-refractivity contribution in [1.29, 1.82) is 0 Å². The fourth-order valence-corrected chi connectivity index (χ4v) is 2.69. The van der Waals surface area contributed by atoms with Crippen molar-refractivity contribution in [2.24, 2.45) is 0 Å². The molecule has 0 atom stereocenters. The quantitative estimate of drug-likeness (QED) is 0.658. The summed E-state index contributed by atoms with van der Waals surface area (Å²) in [4.78, 5) is 16.7. The Hall–Kier alpha value is -2.38. The highest BCUT2D eigenvalue weighted by atomic mass is 16.5. The molecular formula is C20H31N5O2. The number of aryl methyl sites for hydroxylation is 1. The van der Waals surface area contributed by atoms with Gasteiger partial charge in [0.2, 0.25) is 0 Å². The van der Waals surface area contributed by atoms with Crippen LogP contribution in [0.3, 0.4) is 0 Å². The van der Waals surface area contributed by atoms with Gasteiger partial charge in [-0.2, -0.15) is 5.10 Å². The maximum absolute atomic E-state index is 12.7. The van der Waals surface area contributed by atoms with Crippen LogP contribution in [-0.4, -0.2) is 73.1 Å². The summed E-state index contributed by atoms with van der Waals surface area (Å²) >= 11 is 0. The van der Waals surface area contributed by atoms with Gasteiger partial charge in [-0.3, -0.25) is 4.68 Å². The number of anilines is 1. The number of nitrogens with one attached hydrogen (secondary N) is 1. The van der Waals surface area contributed by atoms with E-state index in [1.807, 2.05) is 43.4 Å². The van der Waals surface area contributed by atoms with Crippen molar-refractivity contribution in [2.75, 3.05) is 52.8 Å². The third-order valence-electron chi connectivity index (χ3n) is 4.25. The SMILES string of the molecule is COCCn1cc(NC(=O)N(CCCc2ccccc2)CCN(C)C)cn1. The predicted octanol–water partition coefficient (Wildman–Crippen LogP) is 2.56. The first-order valence-electron chi connectivity index (χ1n) is 9.34. The Morgan fingerprint density at radius 3 is 2.67 bits per heavy atom. The lowest BCUT2D eigenvalue weighted by Gasteiger charge is -2.24. The van der Waals surface area contributed by atoms with Crippen molar-refractivity contribution >= 4 is 11.7 Å². The highest BCUT2D eigenvalue weighted by molar-refractivity contribution is 5.89. The average Bonchev–Trinajstić information content (AvgIpc) is 3.10. The topological polar surface area (TPSA) is 62.6 Å². The fourth-order valence-electron chi connectivity index (χ4n) is 2.69. The maximum Gasteiger partial charge on any atom is 0.321 e. The van der Waals surface area contributed by atoms with Gasteiger partial charge in [0.05, 0.1) is 25.0 Å². The zero-order chi connectivity index (χ0) is 19.5. The number of aromatic nitrogens is 2. The highest BCUT2D eigenvalue weighted by Gasteiger charge is 2.14. The standard InChI is InChI=1S/C20H31N5O2/c1-23(2)12-13-24(11-7-10-18-8-5-4-6-9-18)20(26)22-19-16-21-25(17-19)14-15-27-3/h4-6,8-9,16-17H,7,10-15H2,1-3H3,(H,22,26). The smallest absolute Gasteiger partial charge is 0.321 e. The molecule has 1 N–H and O–H groups in total. The van der Waals surface area contributed by atoms with Gasteiger partial charge in [0, 0.05) is 32.9 Å². The number of carbonyl (C=O) groups is 1. The van der Waals surface area contributed by atoms with Crippen LogP contribution < -0.4 is 5.32 Å². The summed E-state index contributed by atoms with van der Waals surface area (Å²) in [7, 11) is 5.68. The Kier molecular flexibility index (Phi) is 8.80. The third kappa shape index (κ3) is 7.80. The Morgan fingerprint density at radius 2 is 1.96 bits per heavy atom. The van der Waals surface area contributed by atoms with E-state index in [0.29, 0.717) is 31.9 Å². The number of ether oxygens (including phenoxy) is 1. The fraction of sp³-hybridized carbons (Fsp3) is 0.500. The Balaban J connectivity index is 1.88. The lowest BCUT2D eigenvalue weighted by molar-refractivity contribution is 0.183. The molecule has 2 amide bonds. The van der Waals surface area contributed by atoms with E-state index in [2.05, 4.69) is 27.4 Å². The molecule has 27 heavy (non-hydrogen) atoms. The van der Waals surface area contributed by atoms with Gasteiger partial charge in [-0.25, -0.2) is 4.79 Å². The monoisotopic (exact) mass is 373 g/mol. The number of hydrogen-bond donors (Lipinski definition) is 1. The maximum atomic E-state index is 12.7. The summed E-state index contributed by atoms with van der Waals surface area (Å²) < 4.78 is 6.81. The first-order valence-corrected chi connectivity index (χ1v) is 9.34. The van der Waals surface area contributed by atoms with E-state index in [9.17, 15) is 4.79 Å². The average molecular weight is 374 g/mol. The van der Waals surface area contributed by atoms with Gasteiger partial charge in [-0.15, -0.1) is 0 Å². The summed E-state index contributed by atoms with van der Waals surface area (Å²) in [5, 5.41) is 7.19. The Bertz CT molecular complexity index is 672. The summed E-state index contributed by atoms with van der Waals surface area (Å²) in [5.74, 6) is 0. The molecule has 0 saturated carbocycles. The third-order valence-corrected chi connectivity index (χ3v) is 4.25. The largest absolute Gasteiger partial charge is 0.383 e. The van der Waals surface area contributed by atoms with Gasteiger partial charge >= 0.3 is 6.03 Å². The summed E-state index contributed by atoms with van der Waals surface area (Å²) in [6.45, 7) is 3.47. The van der Waals surface area contributed by atoms with Crippen molar-refractivity contribution in [3.05, 3.63) is 48.3 Å². The van der Waals surface area contributed by atoms with E-state index >= 15 is 0 Å². The molecule has 1 aromatic carbocycles. The zero-order valence-electron chi connectivity index (χ0n) is 16.6. The van der Waals surface area contributed by atoms with E-state index < -0.39 is 0 Å². The van der Waals surface area contributed by atoms with E-state index in [1.54, 1.807) is 18.0 Å². The number of likely N-dealkylation sites (N-methyl/N-ethyl adjacent to an activating group) is 1. The minimum atomic E-state index is -0.0868. The number of hydrogen-bond acceptors (Lipinski definition) is 4. The molecule has 1 aromatic heterocycles. The normalized spacial score (nSPS) is 11.0. The highest BCUT2D eigenvalue weighted by Crippen LogP contribution is 2.08. The van der Waals surface area contributed by atoms with Crippen LogP contribution in [0.1, 0.15) is 12.0 Å². The van der Waals surface area contributed by atoms with Crippen molar-refractivity contribution in [3.8, 4) is 0 Å². The van der Waals surface area contributed by atoms with Crippen LogP contribution in [0.4, 0.5) is 10.5 Å². The molecule has 0 aliphatic rings. The minimum absolute atomic E-state index is 0.0868. The molecule has 0 aliphatic carbocycles. The molecule has 2 aromatic rings. The van der Waals surface area contributed by atoms with Gasteiger partial charge in [0.15, 0.2) is 0 Å². The van der Waals surface area contributed by atoms with Crippen LogP contribution >= 0.6 is 0 Å². The Morgan fingerprint density at radius 1 is 1.19 bits per heavy atom. The lowest BCUT2D eigenvalue weighted by atomic mass is 10.1. The van der Waals surface area contributed by atoms with Crippen LogP contribution in [0.5, 0.6) is 0 Å². The summed E-state index contributed by atoms with van der Waals surface area (Å²) in [6, 6.07) is 10.3. The van der Waals surface area contributed by atoms with Gasteiger partial charge in [0.1, 0.15) is 0 Å². The van der Waals surface area contributed by atoms with E-state index in [0.717, 1.165) is 19.4 Å². The van der Waals surface area contributed by atoms with Gasteiger partial charge in [-0.1, -0.05) is 30.3 Å². The number of amides is 2. The summed E-state index contributed by atoms with van der Waals surface area (Å²) in [5.41, 5.74) is 2.00. The van der Waals surface area contributed by atoms with Crippen LogP contribution in [0.2, 0.25) is 0 Å². The second kappa shape index (κ2) is 11.4. The molecule has 0 radical (unpaired) electrons. The summed E-state index contributed by atoms with van der Waals surface area (Å²) in [6.07, 6.45) is 5.38. The van der Waals surface area contributed by atoms with Crippen molar-refractivity contribution in [3.63, 3.8) is 0 Å². The van der Waals surface area contributed by atoms with Crippen molar-refractivity contribution in [2.45, 2.75) is 19.4 Å². The van der Waals surface area contributed by atoms with Crippen LogP contribution in [0.25, 0.3) is 0 Å². The number of carbonyl (C=O) groups excluding carboxylic acids is 1. The molecule has 7 nitrogen and oxygen atoms in total. The predicted molar refractivity (Wildman–Crippen MR) is 108 cm³/mol. The molecule has 0 spiro atoms. The molecular weight excluding hydrogens is 342 g/mol. The first kappa shape index (κ1) is 20.9. The molecule has 0 bridgehead atoms. The molecule has 7 heteroatoms. The molecule has 0 unspecified atom stereocenters. The Labute approximate surface area is 161 Å². The first-order chi connectivity index (χ1) is 13.1. The van der Waals surface area contributed by atoms with E-state index in [-0.39, 0.29) is 6.03 Å². The van der Waals surface area contributed by atoms with E-state index in [1.165, 1.54) is 5.56 Å². The molecule has 0 fully saturated rings. The lowest BCUT2D eigenvalue weighted by Crippen LogP contribution is -2.40.